The van der Waals surface area contributed by atoms with Crippen LogP contribution in [0.5, 0.6) is 0 Å². The fraction of sp³-hybridized carbons (Fsp3) is 0.938. The third-order valence-electron chi connectivity index (χ3n) is 4.50. The Bertz CT molecular complexity index is 299. The molecule has 2 aliphatic rings. The van der Waals surface area contributed by atoms with E-state index < -0.39 is 0 Å². The van der Waals surface area contributed by atoms with Crippen molar-refractivity contribution < 1.29 is 9.53 Å². The molecule has 0 amide bonds. The van der Waals surface area contributed by atoms with Crippen molar-refractivity contribution in [2.24, 2.45) is 0 Å². The van der Waals surface area contributed by atoms with Gasteiger partial charge in [0.1, 0.15) is 6.04 Å². The summed E-state index contributed by atoms with van der Waals surface area (Å²) in [6.45, 7) is 6.37. The molecular weight excluding hydrogens is 252 g/mol. The van der Waals surface area contributed by atoms with Crippen LogP contribution in [0, 0.1) is 0 Å². The Hall–Kier alpha value is -0.610. The number of carbonyl (C=O) groups excluding carboxylic acids is 1. The average molecular weight is 282 g/mol. The van der Waals surface area contributed by atoms with E-state index in [9.17, 15) is 4.79 Å². The Balaban J connectivity index is 1.90. The minimum atomic E-state index is -0.149. The fourth-order valence-corrected chi connectivity index (χ4v) is 3.19. The number of carbonyl (C=O) groups is 1. The lowest BCUT2D eigenvalue weighted by molar-refractivity contribution is -0.146. The molecule has 2 fully saturated rings. The molecule has 1 atom stereocenters. The van der Waals surface area contributed by atoms with Gasteiger partial charge in [0, 0.05) is 18.6 Å². The van der Waals surface area contributed by atoms with Gasteiger partial charge in [-0.05, 0) is 39.2 Å². The van der Waals surface area contributed by atoms with Crippen LogP contribution >= 0.6 is 0 Å². The number of likely N-dealkylation sites (N-methyl/N-ethyl adjacent to an activating group) is 1. The van der Waals surface area contributed by atoms with Gasteiger partial charge in [-0.15, -0.1) is 0 Å². The van der Waals surface area contributed by atoms with E-state index in [1.165, 1.54) is 44.9 Å². The first-order chi connectivity index (χ1) is 9.74. The second-order valence-corrected chi connectivity index (χ2v) is 6.12. The summed E-state index contributed by atoms with van der Waals surface area (Å²) in [5.74, 6) is -0.0753. The normalized spacial score (nSPS) is 21.9. The summed E-state index contributed by atoms with van der Waals surface area (Å²) in [7, 11) is 0. The lowest BCUT2D eigenvalue weighted by atomic mass is 9.94. The van der Waals surface area contributed by atoms with Crippen LogP contribution in [0.25, 0.3) is 0 Å². The maximum Gasteiger partial charge on any atom is 0.324 e. The molecule has 1 unspecified atom stereocenters. The molecule has 4 nitrogen and oxygen atoms in total. The number of rotatable bonds is 8. The molecule has 0 spiro atoms. The molecule has 2 saturated carbocycles. The van der Waals surface area contributed by atoms with Gasteiger partial charge in [0.2, 0.25) is 0 Å². The van der Waals surface area contributed by atoms with Crippen molar-refractivity contribution in [3.8, 4) is 0 Å². The highest BCUT2D eigenvalue weighted by molar-refractivity contribution is 5.76. The molecule has 0 saturated heterocycles. The zero-order chi connectivity index (χ0) is 14.4. The summed E-state index contributed by atoms with van der Waals surface area (Å²) in [6.07, 6.45) is 9.01. The highest BCUT2D eigenvalue weighted by Crippen LogP contribution is 2.24. The van der Waals surface area contributed by atoms with Crippen molar-refractivity contribution in [2.75, 3.05) is 19.7 Å². The van der Waals surface area contributed by atoms with Gasteiger partial charge in [-0.25, -0.2) is 0 Å². The van der Waals surface area contributed by atoms with Crippen molar-refractivity contribution in [3.63, 3.8) is 0 Å². The smallest absolute Gasteiger partial charge is 0.324 e. The van der Waals surface area contributed by atoms with Crippen LogP contribution in [0.15, 0.2) is 0 Å². The quantitative estimate of drug-likeness (QED) is 0.694. The van der Waals surface area contributed by atoms with Crippen molar-refractivity contribution in [1.82, 2.24) is 10.2 Å². The summed E-state index contributed by atoms with van der Waals surface area (Å²) >= 11 is 0. The van der Waals surface area contributed by atoms with Gasteiger partial charge in [0.15, 0.2) is 0 Å². The Morgan fingerprint density at radius 2 is 1.90 bits per heavy atom. The number of nitrogens with one attached hydrogen (secondary N) is 1. The maximum atomic E-state index is 12.1. The first kappa shape index (κ1) is 15.8. The molecule has 20 heavy (non-hydrogen) atoms. The van der Waals surface area contributed by atoms with Gasteiger partial charge in [-0.1, -0.05) is 26.2 Å². The summed E-state index contributed by atoms with van der Waals surface area (Å²) in [4.78, 5) is 14.6. The third kappa shape index (κ3) is 4.74. The lowest BCUT2D eigenvalue weighted by Gasteiger charge is -2.35. The Labute approximate surface area is 123 Å². The highest BCUT2D eigenvalue weighted by Gasteiger charge is 2.32. The molecule has 0 aromatic rings. The molecule has 0 bridgehead atoms. The number of ether oxygens (including phenoxy) is 1. The first-order valence-electron chi connectivity index (χ1n) is 8.41. The summed E-state index contributed by atoms with van der Waals surface area (Å²) in [5, 5.41) is 3.46. The first-order valence-corrected chi connectivity index (χ1v) is 8.41. The molecule has 0 heterocycles. The predicted octanol–water partition coefficient (Wildman–Crippen LogP) is 2.32. The van der Waals surface area contributed by atoms with Crippen LogP contribution in [-0.4, -0.2) is 48.7 Å². The van der Waals surface area contributed by atoms with E-state index in [4.69, 9.17) is 4.74 Å². The van der Waals surface area contributed by atoms with Crippen LogP contribution in [0.3, 0.4) is 0 Å². The Morgan fingerprint density at radius 1 is 1.20 bits per heavy atom. The van der Waals surface area contributed by atoms with Crippen LogP contribution in [0.4, 0.5) is 0 Å². The Morgan fingerprint density at radius 3 is 2.45 bits per heavy atom. The molecule has 2 aliphatic carbocycles. The van der Waals surface area contributed by atoms with E-state index in [0.717, 1.165) is 13.1 Å². The van der Waals surface area contributed by atoms with E-state index in [1.807, 2.05) is 6.92 Å². The molecule has 0 aromatic carbocycles. The highest BCUT2D eigenvalue weighted by atomic mass is 16.5. The van der Waals surface area contributed by atoms with Crippen molar-refractivity contribution in [3.05, 3.63) is 0 Å². The van der Waals surface area contributed by atoms with Gasteiger partial charge in [0.05, 0.1) is 6.61 Å². The molecular formula is C16H30N2O2. The largest absolute Gasteiger partial charge is 0.465 e. The van der Waals surface area contributed by atoms with Crippen LogP contribution in [-0.2, 0) is 9.53 Å². The van der Waals surface area contributed by atoms with Gasteiger partial charge in [-0.2, -0.15) is 0 Å². The molecule has 1 N–H and O–H groups in total. The van der Waals surface area contributed by atoms with Gasteiger partial charge in [0.25, 0.3) is 0 Å². The monoisotopic (exact) mass is 282 g/mol. The second-order valence-electron chi connectivity index (χ2n) is 6.12. The van der Waals surface area contributed by atoms with E-state index in [1.54, 1.807) is 0 Å². The van der Waals surface area contributed by atoms with E-state index in [2.05, 4.69) is 17.1 Å². The van der Waals surface area contributed by atoms with Crippen molar-refractivity contribution in [1.29, 1.82) is 0 Å². The second kappa shape index (κ2) is 7.99. The van der Waals surface area contributed by atoms with Crippen LogP contribution < -0.4 is 5.32 Å². The maximum absolute atomic E-state index is 12.1. The van der Waals surface area contributed by atoms with Gasteiger partial charge < -0.3 is 10.1 Å². The SMILES string of the molecule is CCOC(=O)C(CN(CC)C1CCCCC1)NC1CC1. The van der Waals surface area contributed by atoms with E-state index >= 15 is 0 Å². The van der Waals surface area contributed by atoms with Crippen LogP contribution in [0.1, 0.15) is 58.8 Å². The molecule has 4 heteroatoms. The number of esters is 1. The van der Waals surface area contributed by atoms with Crippen molar-refractivity contribution in [2.45, 2.75) is 76.9 Å². The summed E-state index contributed by atoms with van der Waals surface area (Å²) in [5.41, 5.74) is 0. The lowest BCUT2D eigenvalue weighted by Crippen LogP contribution is -2.50. The molecule has 116 valence electrons. The summed E-state index contributed by atoms with van der Waals surface area (Å²) < 4.78 is 5.24. The zero-order valence-electron chi connectivity index (χ0n) is 13.1. The fourth-order valence-electron chi connectivity index (χ4n) is 3.19. The number of hydrogen-bond donors (Lipinski definition) is 1. The predicted molar refractivity (Wildman–Crippen MR) is 80.7 cm³/mol. The Kier molecular flexibility index (Phi) is 6.30. The molecule has 0 aliphatic heterocycles. The van der Waals surface area contributed by atoms with Gasteiger partial charge in [-0.3, -0.25) is 9.69 Å². The van der Waals surface area contributed by atoms with E-state index in [-0.39, 0.29) is 12.0 Å². The zero-order valence-corrected chi connectivity index (χ0v) is 13.1. The number of hydrogen-bond acceptors (Lipinski definition) is 4. The van der Waals surface area contributed by atoms with Crippen LogP contribution in [0.2, 0.25) is 0 Å². The summed E-state index contributed by atoms with van der Waals surface area (Å²) in [6, 6.07) is 1.05. The minimum Gasteiger partial charge on any atom is -0.465 e. The average Bonchev–Trinajstić information content (AvgIpc) is 3.28. The van der Waals surface area contributed by atoms with Gasteiger partial charge >= 0.3 is 5.97 Å². The minimum absolute atomic E-state index is 0.0753. The molecule has 0 radical (unpaired) electrons. The number of nitrogens with zero attached hydrogens (tertiary/aromatic N) is 1. The standard InChI is InChI=1S/C16H30N2O2/c1-3-18(14-8-6-5-7-9-14)12-15(16(19)20-4-2)17-13-10-11-13/h13-15,17H,3-12H2,1-2H3. The molecule has 2 rings (SSSR count). The third-order valence-corrected chi connectivity index (χ3v) is 4.50. The van der Waals surface area contributed by atoms with E-state index in [0.29, 0.717) is 18.7 Å². The topological polar surface area (TPSA) is 41.6 Å². The van der Waals surface area contributed by atoms with Crippen molar-refractivity contribution >= 4 is 5.97 Å². The molecule has 0 aromatic heterocycles.